The van der Waals surface area contributed by atoms with Crippen LogP contribution in [0.15, 0.2) is 59.1 Å². The number of hydrogen-bond acceptors (Lipinski definition) is 7. The number of benzene rings is 2. The van der Waals surface area contributed by atoms with Crippen molar-refractivity contribution in [2.45, 2.75) is 6.42 Å². The van der Waals surface area contributed by atoms with Gasteiger partial charge in [-0.1, -0.05) is 47.1 Å². The van der Waals surface area contributed by atoms with Crippen LogP contribution in [0, 0.1) is 0 Å². The van der Waals surface area contributed by atoms with E-state index in [4.69, 9.17) is 20.9 Å². The molecular formula is C24H27ClN4O3. The third kappa shape index (κ3) is 5.23. The highest BCUT2D eigenvalue weighted by Crippen LogP contribution is 2.30. The van der Waals surface area contributed by atoms with E-state index in [2.05, 4.69) is 44.5 Å². The summed E-state index contributed by atoms with van der Waals surface area (Å²) in [5.41, 5.74) is 2.76. The van der Waals surface area contributed by atoms with Gasteiger partial charge in [-0.15, -0.1) is 0 Å². The first-order chi connectivity index (χ1) is 15.7. The maximum Gasteiger partial charge on any atom is 0.345 e. The van der Waals surface area contributed by atoms with Crippen LogP contribution < -0.4 is 10.2 Å². The average Bonchev–Trinajstić information content (AvgIpc) is 3.26. The highest BCUT2D eigenvalue weighted by Gasteiger charge is 2.25. The molecule has 8 heteroatoms. The second kappa shape index (κ2) is 10.5. The van der Waals surface area contributed by atoms with Crippen molar-refractivity contribution < 1.29 is 14.1 Å². The molecule has 1 N–H and O–H groups in total. The monoisotopic (exact) mass is 454 g/mol. The minimum atomic E-state index is -0.490. The Balaban J connectivity index is 1.30. The summed E-state index contributed by atoms with van der Waals surface area (Å²) < 4.78 is 10.4. The van der Waals surface area contributed by atoms with Gasteiger partial charge in [0.05, 0.1) is 7.11 Å². The highest BCUT2D eigenvalue weighted by molar-refractivity contribution is 6.30. The van der Waals surface area contributed by atoms with Crippen LogP contribution in [0.5, 0.6) is 0 Å². The number of para-hydroxylation sites is 1. The molecule has 7 nitrogen and oxygen atoms in total. The molecule has 3 aromatic rings. The molecule has 1 fully saturated rings. The molecular weight excluding hydrogens is 428 g/mol. The number of esters is 1. The topological polar surface area (TPSA) is 70.8 Å². The number of nitrogens with one attached hydrogen (secondary N) is 1. The molecule has 1 saturated heterocycles. The van der Waals surface area contributed by atoms with Gasteiger partial charge in [-0.2, -0.15) is 0 Å². The van der Waals surface area contributed by atoms with Gasteiger partial charge < -0.3 is 19.5 Å². The highest BCUT2D eigenvalue weighted by atomic mass is 35.5. The zero-order chi connectivity index (χ0) is 22.3. The molecule has 0 saturated carbocycles. The van der Waals surface area contributed by atoms with E-state index in [0.29, 0.717) is 28.7 Å². The molecule has 32 heavy (non-hydrogen) atoms. The lowest BCUT2D eigenvalue weighted by atomic mass is 10.1. The summed E-state index contributed by atoms with van der Waals surface area (Å²) in [5.74, 6) is -0.161. The van der Waals surface area contributed by atoms with Gasteiger partial charge in [0.15, 0.2) is 5.56 Å². The Hall–Kier alpha value is -3.03. The Bertz CT molecular complexity index is 1020. The Morgan fingerprint density at radius 2 is 1.81 bits per heavy atom. The number of hydrogen-bond donors (Lipinski definition) is 1. The molecule has 0 spiro atoms. The standard InChI is InChI=1S/C24H27ClN4O3/c1-31-24(30)21-22(18-8-10-19(25)11-9-18)27-32-23(21)26-12-5-13-28-14-16-29(17-15-28)20-6-3-2-4-7-20/h2-4,6-11,26H,5,12-17H2,1H3. The van der Waals surface area contributed by atoms with Crippen LogP contribution in [0.2, 0.25) is 5.02 Å². The zero-order valence-electron chi connectivity index (χ0n) is 18.1. The van der Waals surface area contributed by atoms with E-state index >= 15 is 0 Å². The lowest BCUT2D eigenvalue weighted by Gasteiger charge is -2.36. The number of piperazine rings is 1. The number of ether oxygens (including phenoxy) is 1. The zero-order valence-corrected chi connectivity index (χ0v) is 18.8. The number of halogens is 1. The van der Waals surface area contributed by atoms with Crippen LogP contribution in [-0.2, 0) is 4.74 Å². The van der Waals surface area contributed by atoms with Gasteiger partial charge in [0.25, 0.3) is 0 Å². The minimum absolute atomic E-state index is 0.297. The lowest BCUT2D eigenvalue weighted by molar-refractivity contribution is 0.0602. The molecule has 0 atom stereocenters. The summed E-state index contributed by atoms with van der Waals surface area (Å²) in [6, 6.07) is 17.6. The van der Waals surface area contributed by atoms with Crippen LogP contribution in [0.4, 0.5) is 11.6 Å². The van der Waals surface area contributed by atoms with Gasteiger partial charge in [-0.05, 0) is 37.2 Å². The van der Waals surface area contributed by atoms with Gasteiger partial charge in [0.2, 0.25) is 5.88 Å². The second-order valence-electron chi connectivity index (χ2n) is 7.68. The smallest absolute Gasteiger partial charge is 0.345 e. The quantitative estimate of drug-likeness (QED) is 0.399. The Morgan fingerprint density at radius 1 is 1.09 bits per heavy atom. The van der Waals surface area contributed by atoms with E-state index < -0.39 is 5.97 Å². The van der Waals surface area contributed by atoms with E-state index in [0.717, 1.165) is 44.7 Å². The van der Waals surface area contributed by atoms with E-state index in [1.807, 2.05) is 6.07 Å². The van der Waals surface area contributed by atoms with Crippen LogP contribution in [0.1, 0.15) is 16.8 Å². The van der Waals surface area contributed by atoms with Gasteiger partial charge in [-0.25, -0.2) is 4.79 Å². The number of anilines is 2. The molecule has 0 radical (unpaired) electrons. The van der Waals surface area contributed by atoms with Crippen molar-refractivity contribution in [3.8, 4) is 11.3 Å². The van der Waals surface area contributed by atoms with Gasteiger partial charge in [0.1, 0.15) is 5.69 Å². The van der Waals surface area contributed by atoms with Crippen molar-refractivity contribution in [1.82, 2.24) is 10.1 Å². The fourth-order valence-corrected chi connectivity index (χ4v) is 4.01. The summed E-state index contributed by atoms with van der Waals surface area (Å²) in [6.45, 7) is 5.75. The second-order valence-corrected chi connectivity index (χ2v) is 8.11. The fraction of sp³-hybridized carbons (Fsp3) is 0.333. The molecule has 1 aliphatic heterocycles. The molecule has 168 valence electrons. The van der Waals surface area contributed by atoms with Crippen LogP contribution in [0.3, 0.4) is 0 Å². The average molecular weight is 455 g/mol. The largest absolute Gasteiger partial charge is 0.465 e. The van der Waals surface area contributed by atoms with Gasteiger partial charge >= 0.3 is 5.97 Å². The number of carbonyl (C=O) groups is 1. The van der Waals surface area contributed by atoms with Crippen molar-refractivity contribution in [3.63, 3.8) is 0 Å². The SMILES string of the molecule is COC(=O)c1c(-c2ccc(Cl)cc2)noc1NCCCN1CCN(c2ccccc2)CC1. The van der Waals surface area contributed by atoms with E-state index in [9.17, 15) is 4.79 Å². The molecule has 2 heterocycles. The molecule has 4 rings (SSSR count). The van der Waals surface area contributed by atoms with E-state index in [1.165, 1.54) is 12.8 Å². The number of carbonyl (C=O) groups excluding carboxylic acids is 1. The normalized spacial score (nSPS) is 14.4. The van der Waals surface area contributed by atoms with Crippen molar-refractivity contribution in [2.24, 2.45) is 0 Å². The lowest BCUT2D eigenvalue weighted by Crippen LogP contribution is -2.46. The van der Waals surface area contributed by atoms with Crippen molar-refractivity contribution >= 4 is 29.1 Å². The molecule has 0 unspecified atom stereocenters. The number of methoxy groups -OCH3 is 1. The third-order valence-corrected chi connectivity index (χ3v) is 5.88. The van der Waals surface area contributed by atoms with E-state index in [-0.39, 0.29) is 0 Å². The Labute approximate surface area is 192 Å². The summed E-state index contributed by atoms with van der Waals surface area (Å²) >= 11 is 5.97. The summed E-state index contributed by atoms with van der Waals surface area (Å²) in [5, 5.41) is 7.92. The first-order valence-electron chi connectivity index (χ1n) is 10.8. The molecule has 1 aromatic heterocycles. The van der Waals surface area contributed by atoms with Crippen molar-refractivity contribution in [3.05, 3.63) is 65.2 Å². The maximum atomic E-state index is 12.4. The summed E-state index contributed by atoms with van der Waals surface area (Å²) in [4.78, 5) is 17.3. The van der Waals surface area contributed by atoms with Crippen LogP contribution >= 0.6 is 11.6 Å². The van der Waals surface area contributed by atoms with Crippen molar-refractivity contribution in [2.75, 3.05) is 56.6 Å². The fourth-order valence-electron chi connectivity index (χ4n) is 3.88. The number of aromatic nitrogens is 1. The van der Waals surface area contributed by atoms with Gasteiger partial charge in [-0.3, -0.25) is 4.90 Å². The first kappa shape index (κ1) is 22.2. The molecule has 0 amide bonds. The predicted molar refractivity (Wildman–Crippen MR) is 126 cm³/mol. The molecule has 0 bridgehead atoms. The molecule has 1 aliphatic rings. The van der Waals surface area contributed by atoms with Gasteiger partial charge in [0, 0.05) is 49.0 Å². The molecule has 0 aliphatic carbocycles. The van der Waals surface area contributed by atoms with Crippen LogP contribution in [-0.4, -0.2) is 62.4 Å². The first-order valence-corrected chi connectivity index (χ1v) is 11.1. The number of rotatable bonds is 8. The maximum absolute atomic E-state index is 12.4. The minimum Gasteiger partial charge on any atom is -0.465 e. The number of nitrogens with zero attached hydrogens (tertiary/aromatic N) is 3. The Morgan fingerprint density at radius 3 is 2.50 bits per heavy atom. The summed E-state index contributed by atoms with van der Waals surface area (Å²) in [6.07, 6.45) is 0.920. The molecule has 2 aromatic carbocycles. The van der Waals surface area contributed by atoms with Crippen LogP contribution in [0.25, 0.3) is 11.3 Å². The Kier molecular flexibility index (Phi) is 7.29. The third-order valence-electron chi connectivity index (χ3n) is 5.63. The summed E-state index contributed by atoms with van der Waals surface area (Å²) in [7, 11) is 1.35. The van der Waals surface area contributed by atoms with E-state index in [1.54, 1.807) is 24.3 Å². The van der Waals surface area contributed by atoms with Crippen molar-refractivity contribution in [1.29, 1.82) is 0 Å². The predicted octanol–water partition coefficient (Wildman–Crippen LogP) is 4.41.